The van der Waals surface area contributed by atoms with E-state index in [0.717, 1.165) is 30.5 Å². The molecular weight excluding hydrogens is 165 g/mol. The quantitative estimate of drug-likeness (QED) is 0.698. The van der Waals surface area contributed by atoms with E-state index in [9.17, 15) is 4.39 Å². The van der Waals surface area contributed by atoms with Gasteiger partial charge in [-0.05, 0) is 32.4 Å². The van der Waals surface area contributed by atoms with Crippen LogP contribution in [0.4, 0.5) is 4.39 Å². The van der Waals surface area contributed by atoms with Gasteiger partial charge in [0.2, 0.25) is 0 Å². The highest BCUT2D eigenvalue weighted by Gasteiger charge is 2.19. The van der Waals surface area contributed by atoms with Gasteiger partial charge in [-0.1, -0.05) is 17.7 Å². The van der Waals surface area contributed by atoms with Crippen LogP contribution in [0.1, 0.15) is 30.0 Å². The second kappa shape index (κ2) is 3.46. The largest absolute Gasteiger partial charge is 0.310 e. The van der Waals surface area contributed by atoms with E-state index in [-0.39, 0.29) is 11.9 Å². The number of aryl methyl sites for hydroxylation is 1. The Morgan fingerprint density at radius 1 is 1.46 bits per heavy atom. The van der Waals surface area contributed by atoms with Crippen molar-refractivity contribution in [1.29, 1.82) is 0 Å². The molecule has 0 radical (unpaired) electrons. The molecule has 1 saturated heterocycles. The van der Waals surface area contributed by atoms with Crippen LogP contribution in [-0.4, -0.2) is 6.54 Å². The van der Waals surface area contributed by atoms with Gasteiger partial charge in [0.25, 0.3) is 0 Å². The molecule has 0 amide bonds. The first-order valence-electron chi connectivity index (χ1n) is 4.77. The lowest BCUT2D eigenvalue weighted by molar-refractivity contribution is 0.558. The van der Waals surface area contributed by atoms with Crippen LogP contribution < -0.4 is 5.32 Å². The molecule has 0 aliphatic carbocycles. The second-order valence-corrected chi connectivity index (χ2v) is 3.67. The normalized spacial score (nSPS) is 22.2. The van der Waals surface area contributed by atoms with Crippen LogP contribution >= 0.6 is 0 Å². The average Bonchev–Trinajstić information content (AvgIpc) is 2.61. The number of hydrogen-bond acceptors (Lipinski definition) is 1. The topological polar surface area (TPSA) is 12.0 Å². The van der Waals surface area contributed by atoms with E-state index in [2.05, 4.69) is 5.32 Å². The predicted octanol–water partition coefficient (Wildman–Crippen LogP) is 2.56. The monoisotopic (exact) mass is 179 g/mol. The molecule has 2 rings (SSSR count). The molecule has 1 aromatic carbocycles. The van der Waals surface area contributed by atoms with Crippen LogP contribution in [0, 0.1) is 12.7 Å². The lowest BCUT2D eigenvalue weighted by Crippen LogP contribution is -2.14. The molecule has 1 atom stereocenters. The van der Waals surface area contributed by atoms with Crippen molar-refractivity contribution in [2.75, 3.05) is 6.54 Å². The Balaban J connectivity index is 2.32. The standard InChI is InChI=1S/C11H14FN/c1-8-4-5-10(12)9(7-8)11-3-2-6-13-11/h4-5,7,11,13H,2-3,6H2,1H3/t11-/m1/s1. The zero-order chi connectivity index (χ0) is 9.26. The maximum Gasteiger partial charge on any atom is 0.127 e. The molecule has 1 heterocycles. The molecule has 1 fully saturated rings. The lowest BCUT2D eigenvalue weighted by atomic mass is 10.0. The summed E-state index contributed by atoms with van der Waals surface area (Å²) in [4.78, 5) is 0. The molecule has 0 aromatic heterocycles. The summed E-state index contributed by atoms with van der Waals surface area (Å²) in [6.07, 6.45) is 2.21. The van der Waals surface area contributed by atoms with E-state index in [4.69, 9.17) is 0 Å². The highest BCUT2D eigenvalue weighted by molar-refractivity contribution is 5.27. The van der Waals surface area contributed by atoms with E-state index in [1.807, 2.05) is 19.1 Å². The molecule has 1 aromatic rings. The van der Waals surface area contributed by atoms with Gasteiger partial charge in [0.05, 0.1) is 0 Å². The third-order valence-corrected chi connectivity index (χ3v) is 2.59. The van der Waals surface area contributed by atoms with Crippen LogP contribution in [0.3, 0.4) is 0 Å². The summed E-state index contributed by atoms with van der Waals surface area (Å²) in [7, 11) is 0. The van der Waals surface area contributed by atoms with Gasteiger partial charge in [0.15, 0.2) is 0 Å². The zero-order valence-corrected chi connectivity index (χ0v) is 7.81. The summed E-state index contributed by atoms with van der Waals surface area (Å²) >= 11 is 0. The molecule has 0 unspecified atom stereocenters. The minimum Gasteiger partial charge on any atom is -0.310 e. The minimum atomic E-state index is -0.0787. The summed E-state index contributed by atoms with van der Waals surface area (Å²) in [5.74, 6) is -0.0787. The Kier molecular flexibility index (Phi) is 2.32. The maximum absolute atomic E-state index is 13.4. The van der Waals surface area contributed by atoms with Crippen LogP contribution in [0.15, 0.2) is 18.2 Å². The Bertz CT molecular complexity index is 303. The number of benzene rings is 1. The van der Waals surface area contributed by atoms with Gasteiger partial charge in [-0.2, -0.15) is 0 Å². The minimum absolute atomic E-state index is 0.0787. The van der Waals surface area contributed by atoms with Crippen LogP contribution in [0.5, 0.6) is 0 Å². The van der Waals surface area contributed by atoms with Crippen molar-refractivity contribution in [2.24, 2.45) is 0 Å². The molecule has 1 N–H and O–H groups in total. The summed E-state index contributed by atoms with van der Waals surface area (Å²) in [6, 6.07) is 5.55. The van der Waals surface area contributed by atoms with Gasteiger partial charge in [-0.25, -0.2) is 4.39 Å². The van der Waals surface area contributed by atoms with Gasteiger partial charge in [-0.3, -0.25) is 0 Å². The second-order valence-electron chi connectivity index (χ2n) is 3.67. The summed E-state index contributed by atoms with van der Waals surface area (Å²) in [6.45, 7) is 3.01. The first kappa shape index (κ1) is 8.70. The zero-order valence-electron chi connectivity index (χ0n) is 7.81. The smallest absolute Gasteiger partial charge is 0.127 e. The highest BCUT2D eigenvalue weighted by atomic mass is 19.1. The summed E-state index contributed by atoms with van der Waals surface area (Å²) in [5, 5.41) is 3.30. The first-order chi connectivity index (χ1) is 6.27. The molecule has 13 heavy (non-hydrogen) atoms. The van der Waals surface area contributed by atoms with Crippen LogP contribution in [-0.2, 0) is 0 Å². The average molecular weight is 179 g/mol. The fourth-order valence-electron chi connectivity index (χ4n) is 1.88. The molecule has 70 valence electrons. The Morgan fingerprint density at radius 3 is 3.00 bits per heavy atom. The van der Waals surface area contributed by atoms with E-state index < -0.39 is 0 Å². The van der Waals surface area contributed by atoms with Crippen molar-refractivity contribution in [1.82, 2.24) is 5.32 Å². The summed E-state index contributed by atoms with van der Waals surface area (Å²) in [5.41, 5.74) is 1.96. The SMILES string of the molecule is Cc1ccc(F)c([C@H]2CCCN2)c1. The Hall–Kier alpha value is -0.890. The molecule has 0 saturated carbocycles. The van der Waals surface area contributed by atoms with Gasteiger partial charge in [-0.15, -0.1) is 0 Å². The van der Waals surface area contributed by atoms with Crippen molar-refractivity contribution in [3.05, 3.63) is 35.1 Å². The third-order valence-electron chi connectivity index (χ3n) is 2.59. The molecule has 1 aliphatic heterocycles. The van der Waals surface area contributed by atoms with Gasteiger partial charge in [0.1, 0.15) is 5.82 Å². The Labute approximate surface area is 78.0 Å². The molecular formula is C11H14FN. The van der Waals surface area contributed by atoms with Crippen molar-refractivity contribution >= 4 is 0 Å². The number of rotatable bonds is 1. The highest BCUT2D eigenvalue weighted by Crippen LogP contribution is 2.25. The van der Waals surface area contributed by atoms with Crippen molar-refractivity contribution in [2.45, 2.75) is 25.8 Å². The first-order valence-corrected chi connectivity index (χ1v) is 4.77. The van der Waals surface area contributed by atoms with Crippen molar-refractivity contribution in [3.8, 4) is 0 Å². The van der Waals surface area contributed by atoms with Crippen LogP contribution in [0.2, 0.25) is 0 Å². The molecule has 1 nitrogen and oxygen atoms in total. The predicted molar refractivity (Wildman–Crippen MR) is 51.1 cm³/mol. The lowest BCUT2D eigenvalue weighted by Gasteiger charge is -2.12. The summed E-state index contributed by atoms with van der Waals surface area (Å²) < 4.78 is 13.4. The molecule has 0 spiro atoms. The fraction of sp³-hybridized carbons (Fsp3) is 0.455. The molecule has 1 aliphatic rings. The van der Waals surface area contributed by atoms with Crippen molar-refractivity contribution in [3.63, 3.8) is 0 Å². The molecule has 0 bridgehead atoms. The van der Waals surface area contributed by atoms with Gasteiger partial charge >= 0.3 is 0 Å². The van der Waals surface area contributed by atoms with Crippen molar-refractivity contribution < 1.29 is 4.39 Å². The Morgan fingerprint density at radius 2 is 2.31 bits per heavy atom. The number of halogens is 1. The third kappa shape index (κ3) is 1.73. The van der Waals surface area contributed by atoms with Crippen LogP contribution in [0.25, 0.3) is 0 Å². The molecule has 2 heteroatoms. The number of hydrogen-bond donors (Lipinski definition) is 1. The van der Waals surface area contributed by atoms with E-state index in [1.165, 1.54) is 0 Å². The van der Waals surface area contributed by atoms with E-state index in [0.29, 0.717) is 0 Å². The fourth-order valence-corrected chi connectivity index (χ4v) is 1.88. The maximum atomic E-state index is 13.4. The van der Waals surface area contributed by atoms with Gasteiger partial charge < -0.3 is 5.32 Å². The van der Waals surface area contributed by atoms with Gasteiger partial charge in [0, 0.05) is 11.6 Å². The number of nitrogens with one attached hydrogen (secondary N) is 1. The van der Waals surface area contributed by atoms with E-state index in [1.54, 1.807) is 6.07 Å². The van der Waals surface area contributed by atoms with E-state index >= 15 is 0 Å².